The molecule has 4 nitrogen and oxygen atoms in total. The Morgan fingerprint density at radius 3 is 2.65 bits per heavy atom. The highest BCUT2D eigenvalue weighted by atomic mass is 19.1. The van der Waals surface area contributed by atoms with E-state index in [2.05, 4.69) is 11.9 Å². The monoisotopic (exact) mass is 310 g/mol. The summed E-state index contributed by atoms with van der Waals surface area (Å²) in [5.41, 5.74) is 2.48. The van der Waals surface area contributed by atoms with Gasteiger partial charge in [-0.3, -0.25) is 4.79 Å². The van der Waals surface area contributed by atoms with Gasteiger partial charge in [0.15, 0.2) is 17.1 Å². The zero-order valence-electron chi connectivity index (χ0n) is 12.7. The minimum Gasteiger partial charge on any atom is -0.322 e. The molecule has 23 heavy (non-hydrogen) atoms. The van der Waals surface area contributed by atoms with Gasteiger partial charge in [0.1, 0.15) is 5.82 Å². The summed E-state index contributed by atoms with van der Waals surface area (Å²) in [5.74, 6) is -0.506. The molecule has 0 spiro atoms. The van der Waals surface area contributed by atoms with E-state index in [4.69, 9.17) is 0 Å². The van der Waals surface area contributed by atoms with Crippen molar-refractivity contribution in [1.29, 1.82) is 0 Å². The van der Waals surface area contributed by atoms with Gasteiger partial charge in [-0.1, -0.05) is 18.7 Å². The zero-order chi connectivity index (χ0) is 16.4. The number of nitrogens with zero attached hydrogens (tertiary/aromatic N) is 2. The molecular weight excluding hydrogens is 293 g/mol. The molecule has 2 aromatic carbocycles. The van der Waals surface area contributed by atoms with Crippen LogP contribution in [0.2, 0.25) is 0 Å². The van der Waals surface area contributed by atoms with Crippen molar-refractivity contribution in [1.82, 2.24) is 4.57 Å². The first-order valence-corrected chi connectivity index (χ1v) is 7.30. The molecule has 0 aliphatic heterocycles. The van der Waals surface area contributed by atoms with Crippen LogP contribution in [0, 0.1) is 5.82 Å². The van der Waals surface area contributed by atoms with Gasteiger partial charge in [0.25, 0.3) is 5.91 Å². The van der Waals surface area contributed by atoms with Crippen molar-refractivity contribution >= 4 is 28.8 Å². The normalized spacial score (nSPS) is 12.1. The lowest BCUT2D eigenvalue weighted by Crippen LogP contribution is -2.43. The third-order valence-corrected chi connectivity index (χ3v) is 3.79. The number of para-hydroxylation sites is 2. The van der Waals surface area contributed by atoms with E-state index in [0.29, 0.717) is 5.69 Å². The number of carbonyl (C=O) groups is 1. The van der Waals surface area contributed by atoms with Crippen molar-refractivity contribution in [2.75, 3.05) is 5.32 Å². The van der Waals surface area contributed by atoms with Crippen LogP contribution in [0.15, 0.2) is 61.4 Å². The Hall–Kier alpha value is -2.95. The lowest BCUT2D eigenvalue weighted by Gasteiger charge is -2.10. The van der Waals surface area contributed by atoms with Gasteiger partial charge in [0.05, 0.1) is 6.20 Å². The molecule has 0 fully saturated rings. The van der Waals surface area contributed by atoms with Crippen molar-refractivity contribution in [3.63, 3.8) is 0 Å². The van der Waals surface area contributed by atoms with Gasteiger partial charge in [0, 0.05) is 5.69 Å². The molecule has 5 heteroatoms. The van der Waals surface area contributed by atoms with Crippen LogP contribution in [0.5, 0.6) is 0 Å². The van der Waals surface area contributed by atoms with Crippen LogP contribution in [0.1, 0.15) is 13.0 Å². The van der Waals surface area contributed by atoms with E-state index < -0.39 is 6.04 Å². The fraction of sp³-hybridized carbons (Fsp3) is 0.111. The Bertz CT molecular complexity index is 868. The summed E-state index contributed by atoms with van der Waals surface area (Å²) in [6.07, 6.45) is 3.54. The average Bonchev–Trinajstić information content (AvgIpc) is 2.95. The molecule has 1 N–H and O–H groups in total. The molecule has 0 radical (unpaired) electrons. The van der Waals surface area contributed by atoms with E-state index in [1.54, 1.807) is 6.20 Å². The topological polar surface area (TPSA) is 37.9 Å². The van der Waals surface area contributed by atoms with Crippen LogP contribution in [0.25, 0.3) is 17.2 Å². The summed E-state index contributed by atoms with van der Waals surface area (Å²) < 4.78 is 16.7. The average molecular weight is 310 g/mol. The molecular formula is C18H17FN3O+. The molecule has 3 aromatic rings. The van der Waals surface area contributed by atoms with Gasteiger partial charge >= 0.3 is 0 Å². The first kappa shape index (κ1) is 15.0. The first-order valence-electron chi connectivity index (χ1n) is 7.30. The van der Waals surface area contributed by atoms with Gasteiger partial charge in [-0.25, -0.2) is 13.5 Å². The van der Waals surface area contributed by atoms with Crippen molar-refractivity contribution in [3.05, 3.63) is 67.3 Å². The van der Waals surface area contributed by atoms with E-state index in [1.165, 1.54) is 24.3 Å². The third kappa shape index (κ3) is 2.85. The quantitative estimate of drug-likeness (QED) is 0.737. The second kappa shape index (κ2) is 6.04. The number of fused-ring (bicyclic) bond motifs is 1. The smallest absolute Gasteiger partial charge is 0.269 e. The number of carbonyl (C=O) groups excluding carboxylic acids is 1. The summed E-state index contributed by atoms with van der Waals surface area (Å²) >= 11 is 0. The Morgan fingerprint density at radius 2 is 1.96 bits per heavy atom. The third-order valence-electron chi connectivity index (χ3n) is 3.79. The molecule has 1 aromatic heterocycles. The SMILES string of the molecule is C=Cn1c[n+]([C@H](C)C(=O)Nc2ccc(F)cc2)c2ccccc21. The Kier molecular flexibility index (Phi) is 3.93. The summed E-state index contributed by atoms with van der Waals surface area (Å²) in [7, 11) is 0. The highest BCUT2D eigenvalue weighted by Crippen LogP contribution is 2.15. The largest absolute Gasteiger partial charge is 0.322 e. The number of rotatable bonds is 4. The van der Waals surface area contributed by atoms with Gasteiger partial charge in [-0.2, -0.15) is 0 Å². The number of anilines is 1. The number of aromatic nitrogens is 2. The van der Waals surface area contributed by atoms with E-state index in [1.807, 2.05) is 46.7 Å². The summed E-state index contributed by atoms with van der Waals surface area (Å²) in [5, 5.41) is 2.80. The van der Waals surface area contributed by atoms with Crippen molar-refractivity contribution < 1.29 is 13.8 Å². The molecule has 3 rings (SSSR count). The van der Waals surface area contributed by atoms with Crippen LogP contribution in [0.3, 0.4) is 0 Å². The van der Waals surface area contributed by atoms with Crippen LogP contribution in [0.4, 0.5) is 10.1 Å². The van der Waals surface area contributed by atoms with Crippen molar-refractivity contribution in [2.45, 2.75) is 13.0 Å². The Balaban J connectivity index is 1.90. The van der Waals surface area contributed by atoms with Crippen molar-refractivity contribution in [3.8, 4) is 0 Å². The molecule has 1 amide bonds. The molecule has 0 saturated heterocycles. The molecule has 116 valence electrons. The number of hydrogen-bond donors (Lipinski definition) is 1. The zero-order valence-corrected chi connectivity index (χ0v) is 12.7. The van der Waals surface area contributed by atoms with Crippen LogP contribution < -0.4 is 9.88 Å². The molecule has 0 aliphatic rings. The second-order valence-corrected chi connectivity index (χ2v) is 5.27. The predicted octanol–water partition coefficient (Wildman–Crippen LogP) is 3.37. The molecule has 0 aliphatic carbocycles. The van der Waals surface area contributed by atoms with Gasteiger partial charge < -0.3 is 5.32 Å². The lowest BCUT2D eigenvalue weighted by molar-refractivity contribution is -0.680. The van der Waals surface area contributed by atoms with Gasteiger partial charge in [-0.05, 0) is 43.3 Å². The highest BCUT2D eigenvalue weighted by Gasteiger charge is 2.24. The lowest BCUT2D eigenvalue weighted by atomic mass is 10.2. The van der Waals surface area contributed by atoms with Crippen LogP contribution in [-0.2, 0) is 4.79 Å². The number of nitrogens with one attached hydrogen (secondary N) is 1. The summed E-state index contributed by atoms with van der Waals surface area (Å²) in [4.78, 5) is 12.5. The maximum absolute atomic E-state index is 12.9. The summed E-state index contributed by atoms with van der Waals surface area (Å²) in [6.45, 7) is 5.61. The fourth-order valence-electron chi connectivity index (χ4n) is 2.52. The number of benzene rings is 2. The molecule has 0 saturated carbocycles. The molecule has 0 bridgehead atoms. The number of amides is 1. The Morgan fingerprint density at radius 1 is 1.26 bits per heavy atom. The maximum Gasteiger partial charge on any atom is 0.269 e. The molecule has 1 heterocycles. The van der Waals surface area contributed by atoms with E-state index in [9.17, 15) is 9.18 Å². The number of halogens is 1. The van der Waals surface area contributed by atoms with Gasteiger partial charge in [0.2, 0.25) is 6.33 Å². The van der Waals surface area contributed by atoms with Crippen molar-refractivity contribution in [2.24, 2.45) is 0 Å². The van der Waals surface area contributed by atoms with Crippen LogP contribution in [-0.4, -0.2) is 10.5 Å². The van der Waals surface area contributed by atoms with Gasteiger partial charge in [-0.15, -0.1) is 0 Å². The Labute approximate surface area is 133 Å². The van der Waals surface area contributed by atoms with E-state index >= 15 is 0 Å². The standard InChI is InChI=1S/C18H16FN3O/c1-3-21-12-22(17-7-5-4-6-16(17)21)13(2)18(23)20-15-10-8-14(19)9-11-15/h3-13H,1H2,2H3/p+1/t13-/m1/s1. The first-order chi connectivity index (χ1) is 11.1. The van der Waals surface area contributed by atoms with E-state index in [-0.39, 0.29) is 11.7 Å². The minimum atomic E-state index is -0.425. The summed E-state index contributed by atoms with van der Waals surface area (Å²) in [6, 6.07) is 13.1. The number of imidazole rings is 1. The van der Waals surface area contributed by atoms with Crippen LogP contribution >= 0.6 is 0 Å². The molecule has 1 atom stereocenters. The maximum atomic E-state index is 12.9. The highest BCUT2D eigenvalue weighted by molar-refractivity contribution is 5.92. The number of hydrogen-bond acceptors (Lipinski definition) is 1. The fourth-order valence-corrected chi connectivity index (χ4v) is 2.52. The second-order valence-electron chi connectivity index (χ2n) is 5.27. The molecule has 0 unspecified atom stereocenters. The predicted molar refractivity (Wildman–Crippen MR) is 88.3 cm³/mol. The van der Waals surface area contributed by atoms with E-state index in [0.717, 1.165) is 11.0 Å². The minimum absolute atomic E-state index is 0.173.